The van der Waals surface area contributed by atoms with Crippen LogP contribution in [0.3, 0.4) is 0 Å². The molecule has 2 rings (SSSR count). The summed E-state index contributed by atoms with van der Waals surface area (Å²) in [5, 5.41) is 8.92. The Balaban J connectivity index is 1.99. The molecule has 0 aromatic carbocycles. The van der Waals surface area contributed by atoms with E-state index in [1.165, 1.54) is 0 Å². The minimum atomic E-state index is -0.863. The van der Waals surface area contributed by atoms with E-state index in [9.17, 15) is 9.59 Å². The zero-order valence-electron chi connectivity index (χ0n) is 7.89. The second-order valence-electron chi connectivity index (χ2n) is 3.80. The number of carboxylic acids is 1. The van der Waals surface area contributed by atoms with Crippen molar-refractivity contribution in [3.05, 3.63) is 0 Å². The van der Waals surface area contributed by atoms with Crippen LogP contribution in [-0.4, -0.2) is 39.8 Å². The molecule has 4 atom stereocenters. The molecule has 1 N–H and O–H groups in total. The van der Waals surface area contributed by atoms with Crippen LogP contribution in [0.15, 0.2) is 0 Å². The summed E-state index contributed by atoms with van der Waals surface area (Å²) in [4.78, 5) is 22.0. The normalized spacial score (nSPS) is 37.9. The summed E-state index contributed by atoms with van der Waals surface area (Å²) in [6, 6.07) is 0. The van der Waals surface area contributed by atoms with Crippen molar-refractivity contribution in [2.24, 2.45) is 5.92 Å². The lowest BCUT2D eigenvalue weighted by molar-refractivity contribution is -0.155. The lowest BCUT2D eigenvalue weighted by Crippen LogP contribution is -2.38. The quantitative estimate of drug-likeness (QED) is 0.467. The summed E-state index contributed by atoms with van der Waals surface area (Å²) < 4.78 is 10.9. The van der Waals surface area contributed by atoms with E-state index in [-0.39, 0.29) is 22.6 Å². The highest BCUT2D eigenvalue weighted by molar-refractivity contribution is 14.1. The number of esters is 1. The number of fused-ring (bicyclic) bond motifs is 2. The fourth-order valence-electron chi connectivity index (χ4n) is 2.24. The third-order valence-corrected chi connectivity index (χ3v) is 3.46. The van der Waals surface area contributed by atoms with Crippen molar-refractivity contribution in [3.63, 3.8) is 0 Å². The molecule has 2 aliphatic rings. The van der Waals surface area contributed by atoms with Crippen molar-refractivity contribution >= 4 is 34.5 Å². The fourth-order valence-corrected chi connectivity index (χ4v) is 2.42. The van der Waals surface area contributed by atoms with Crippen molar-refractivity contribution in [1.29, 1.82) is 0 Å². The standard InChI is InChI=1S/C9H11IO5/c10-3-7(11)15-6-2-4-1-5(9(12)13)8(6)14-4/h4-6,8H,1-3H2,(H,12,13). The zero-order chi connectivity index (χ0) is 11.0. The molecule has 2 fully saturated rings. The van der Waals surface area contributed by atoms with Gasteiger partial charge in [-0.15, -0.1) is 0 Å². The number of alkyl halides is 1. The van der Waals surface area contributed by atoms with Crippen molar-refractivity contribution in [2.75, 3.05) is 4.43 Å². The van der Waals surface area contributed by atoms with Crippen molar-refractivity contribution < 1.29 is 24.2 Å². The molecule has 0 amide bonds. The summed E-state index contributed by atoms with van der Waals surface area (Å²) in [7, 11) is 0. The zero-order valence-corrected chi connectivity index (χ0v) is 10.0. The van der Waals surface area contributed by atoms with Crippen molar-refractivity contribution in [3.8, 4) is 0 Å². The molecule has 0 spiro atoms. The van der Waals surface area contributed by atoms with Gasteiger partial charge in [-0.2, -0.15) is 0 Å². The van der Waals surface area contributed by atoms with Crippen LogP contribution < -0.4 is 0 Å². The van der Waals surface area contributed by atoms with Gasteiger partial charge in [-0.1, -0.05) is 22.6 Å². The molecule has 84 valence electrons. The van der Waals surface area contributed by atoms with E-state index >= 15 is 0 Å². The van der Waals surface area contributed by atoms with Crippen LogP contribution >= 0.6 is 22.6 Å². The van der Waals surface area contributed by atoms with E-state index in [0.29, 0.717) is 12.8 Å². The van der Waals surface area contributed by atoms with E-state index in [1.807, 2.05) is 22.6 Å². The van der Waals surface area contributed by atoms with Gasteiger partial charge in [-0.3, -0.25) is 9.59 Å². The Labute approximate surface area is 100 Å². The van der Waals surface area contributed by atoms with Gasteiger partial charge in [0.1, 0.15) is 12.2 Å². The van der Waals surface area contributed by atoms with Crippen LogP contribution in [0, 0.1) is 5.92 Å². The Hall–Kier alpha value is -0.370. The van der Waals surface area contributed by atoms with E-state index < -0.39 is 18.0 Å². The van der Waals surface area contributed by atoms with Gasteiger partial charge in [0, 0.05) is 6.42 Å². The number of hydrogen-bond acceptors (Lipinski definition) is 4. The molecule has 0 radical (unpaired) electrons. The molecular formula is C9H11IO5. The maximum atomic E-state index is 11.1. The molecule has 5 nitrogen and oxygen atoms in total. The highest BCUT2D eigenvalue weighted by atomic mass is 127. The predicted molar refractivity (Wildman–Crippen MR) is 57.8 cm³/mol. The number of hydrogen-bond donors (Lipinski definition) is 1. The largest absolute Gasteiger partial charge is 0.481 e. The van der Waals surface area contributed by atoms with E-state index in [2.05, 4.69) is 0 Å². The molecule has 0 aromatic heterocycles. The maximum absolute atomic E-state index is 11.1. The molecule has 0 aliphatic carbocycles. The van der Waals surface area contributed by atoms with E-state index in [0.717, 1.165) is 0 Å². The Morgan fingerprint density at radius 2 is 2.20 bits per heavy atom. The second kappa shape index (κ2) is 4.25. The van der Waals surface area contributed by atoms with Crippen molar-refractivity contribution in [1.82, 2.24) is 0 Å². The van der Waals surface area contributed by atoms with Crippen LogP contribution in [0.1, 0.15) is 12.8 Å². The molecule has 15 heavy (non-hydrogen) atoms. The number of rotatable bonds is 3. The molecule has 2 bridgehead atoms. The molecule has 4 unspecified atom stereocenters. The van der Waals surface area contributed by atoms with Crippen molar-refractivity contribution in [2.45, 2.75) is 31.2 Å². The van der Waals surface area contributed by atoms with Gasteiger partial charge in [0.2, 0.25) is 0 Å². The van der Waals surface area contributed by atoms with Crippen LogP contribution in [0.5, 0.6) is 0 Å². The van der Waals surface area contributed by atoms with E-state index in [4.69, 9.17) is 14.6 Å². The summed E-state index contributed by atoms with van der Waals surface area (Å²) in [5.41, 5.74) is 0. The Morgan fingerprint density at radius 3 is 2.73 bits per heavy atom. The first kappa shape index (κ1) is 11.1. The van der Waals surface area contributed by atoms with Crippen LogP contribution in [0.25, 0.3) is 0 Å². The second-order valence-corrected chi connectivity index (χ2v) is 4.56. The first-order valence-electron chi connectivity index (χ1n) is 4.75. The molecular weight excluding hydrogens is 315 g/mol. The number of halogens is 1. The minimum Gasteiger partial charge on any atom is -0.481 e. The predicted octanol–water partition coefficient (Wildman–Crippen LogP) is 0.595. The SMILES string of the molecule is O=C(CI)OC1CC2CC(C(=O)O)C1O2. The molecule has 2 heterocycles. The molecule has 2 saturated heterocycles. The number of carbonyl (C=O) groups is 2. The lowest BCUT2D eigenvalue weighted by atomic mass is 9.87. The summed E-state index contributed by atoms with van der Waals surface area (Å²) in [6.45, 7) is 0. The van der Waals surface area contributed by atoms with Gasteiger partial charge in [-0.05, 0) is 6.42 Å². The first-order chi connectivity index (χ1) is 7.11. The topological polar surface area (TPSA) is 72.8 Å². The van der Waals surface area contributed by atoms with Gasteiger partial charge in [0.05, 0.1) is 16.4 Å². The average Bonchev–Trinajstić information content (AvgIpc) is 2.76. The van der Waals surface area contributed by atoms with Crippen LogP contribution in [0.2, 0.25) is 0 Å². The summed E-state index contributed by atoms with van der Waals surface area (Å²) in [5.74, 6) is -1.69. The van der Waals surface area contributed by atoms with Gasteiger partial charge in [-0.25, -0.2) is 0 Å². The third kappa shape index (κ3) is 2.10. The Morgan fingerprint density at radius 1 is 1.47 bits per heavy atom. The Bertz CT molecular complexity index is 292. The summed E-state index contributed by atoms with van der Waals surface area (Å²) >= 11 is 1.92. The maximum Gasteiger partial charge on any atom is 0.316 e. The number of carboxylic acid groups (broad SMARTS) is 1. The van der Waals surface area contributed by atoms with E-state index in [1.54, 1.807) is 0 Å². The third-order valence-electron chi connectivity index (χ3n) is 2.83. The van der Waals surface area contributed by atoms with Crippen LogP contribution in [0.4, 0.5) is 0 Å². The fraction of sp³-hybridized carbons (Fsp3) is 0.778. The van der Waals surface area contributed by atoms with Crippen LogP contribution in [-0.2, 0) is 19.1 Å². The molecule has 2 aliphatic heterocycles. The first-order valence-corrected chi connectivity index (χ1v) is 6.28. The lowest BCUT2D eigenvalue weighted by Gasteiger charge is -2.23. The Kier molecular flexibility index (Phi) is 3.15. The minimum absolute atomic E-state index is 0.0527. The van der Waals surface area contributed by atoms with Gasteiger partial charge < -0.3 is 14.6 Å². The monoisotopic (exact) mass is 326 g/mol. The molecule has 0 saturated carbocycles. The smallest absolute Gasteiger partial charge is 0.316 e. The van der Waals surface area contributed by atoms with Gasteiger partial charge >= 0.3 is 11.9 Å². The average molecular weight is 326 g/mol. The molecule has 0 aromatic rings. The number of carbonyl (C=O) groups excluding carboxylic acids is 1. The summed E-state index contributed by atoms with van der Waals surface area (Å²) in [6.07, 6.45) is 0.310. The number of ether oxygens (including phenoxy) is 2. The number of aliphatic carboxylic acids is 1. The van der Waals surface area contributed by atoms with Gasteiger partial charge in [0.15, 0.2) is 0 Å². The van der Waals surface area contributed by atoms with Gasteiger partial charge in [0.25, 0.3) is 0 Å². The molecule has 6 heteroatoms. The highest BCUT2D eigenvalue weighted by Gasteiger charge is 2.52. The highest BCUT2D eigenvalue weighted by Crippen LogP contribution is 2.40.